The van der Waals surface area contributed by atoms with Crippen molar-refractivity contribution < 1.29 is 14.3 Å². The van der Waals surface area contributed by atoms with Crippen LogP contribution in [-0.2, 0) is 9.53 Å². The molecule has 0 bridgehead atoms. The van der Waals surface area contributed by atoms with Crippen LogP contribution in [0.25, 0.3) is 21.3 Å². The van der Waals surface area contributed by atoms with E-state index in [4.69, 9.17) is 16.3 Å². The average Bonchev–Trinajstić information content (AvgIpc) is 3.11. The number of anilines is 2. The Kier molecular flexibility index (Phi) is 6.15. The summed E-state index contributed by atoms with van der Waals surface area (Å²) in [6.07, 6.45) is 6.25. The van der Waals surface area contributed by atoms with Crippen LogP contribution in [0.5, 0.6) is 0 Å². The Labute approximate surface area is 182 Å². The quantitative estimate of drug-likeness (QED) is 0.492. The fourth-order valence-electron chi connectivity index (χ4n) is 3.48. The van der Waals surface area contributed by atoms with Crippen LogP contribution in [0.15, 0.2) is 30.5 Å². The molecule has 0 atom stereocenters. The van der Waals surface area contributed by atoms with E-state index in [0.29, 0.717) is 10.8 Å². The number of nitrogens with zero attached hydrogens (tertiary/aromatic N) is 2. The molecule has 1 saturated carbocycles. The highest BCUT2D eigenvalue weighted by atomic mass is 35.5. The SMILES string of the molecule is CC(=O)Nc1nc2ccc(-c3cnc(Cl)c(NC(=O)OC4CCCCC4)c3)cc2s1. The summed E-state index contributed by atoms with van der Waals surface area (Å²) in [4.78, 5) is 32.1. The number of hydrogen-bond donors (Lipinski definition) is 2. The van der Waals surface area contributed by atoms with Crippen molar-refractivity contribution in [2.45, 2.75) is 45.1 Å². The third kappa shape index (κ3) is 4.88. The minimum Gasteiger partial charge on any atom is -0.446 e. The van der Waals surface area contributed by atoms with Crippen LogP contribution in [0.1, 0.15) is 39.0 Å². The number of aromatic nitrogens is 2. The van der Waals surface area contributed by atoms with Gasteiger partial charge in [0.15, 0.2) is 10.3 Å². The Bertz CT molecular complexity index is 1100. The van der Waals surface area contributed by atoms with Gasteiger partial charge in [0, 0.05) is 18.7 Å². The highest BCUT2D eigenvalue weighted by Gasteiger charge is 2.19. The summed E-state index contributed by atoms with van der Waals surface area (Å²) in [7, 11) is 0. The number of rotatable bonds is 4. The average molecular weight is 445 g/mol. The van der Waals surface area contributed by atoms with Crippen molar-refractivity contribution in [3.63, 3.8) is 0 Å². The van der Waals surface area contributed by atoms with Crippen molar-refractivity contribution >= 4 is 56.0 Å². The second kappa shape index (κ2) is 8.97. The van der Waals surface area contributed by atoms with Crippen LogP contribution in [0.2, 0.25) is 5.15 Å². The number of halogens is 1. The van der Waals surface area contributed by atoms with E-state index < -0.39 is 6.09 Å². The Morgan fingerprint density at radius 3 is 2.70 bits per heavy atom. The van der Waals surface area contributed by atoms with E-state index >= 15 is 0 Å². The zero-order valence-corrected chi connectivity index (χ0v) is 18.0. The second-order valence-electron chi connectivity index (χ2n) is 7.24. The molecule has 1 aliphatic rings. The third-order valence-electron chi connectivity index (χ3n) is 4.91. The Morgan fingerprint density at radius 1 is 1.13 bits per heavy atom. The third-order valence-corrected chi connectivity index (χ3v) is 6.14. The van der Waals surface area contributed by atoms with Crippen molar-refractivity contribution in [3.8, 4) is 11.1 Å². The van der Waals surface area contributed by atoms with Crippen molar-refractivity contribution in [1.82, 2.24) is 9.97 Å². The van der Waals surface area contributed by atoms with Gasteiger partial charge >= 0.3 is 6.09 Å². The lowest BCUT2D eigenvalue weighted by atomic mass is 9.98. The lowest BCUT2D eigenvalue weighted by Gasteiger charge is -2.22. The molecule has 0 aliphatic heterocycles. The number of carbonyl (C=O) groups excluding carboxylic acids is 2. The van der Waals surface area contributed by atoms with Gasteiger partial charge in [-0.1, -0.05) is 35.4 Å². The Balaban J connectivity index is 1.53. The van der Waals surface area contributed by atoms with E-state index in [9.17, 15) is 9.59 Å². The number of carbonyl (C=O) groups is 2. The van der Waals surface area contributed by atoms with Crippen molar-refractivity contribution in [2.24, 2.45) is 0 Å². The van der Waals surface area contributed by atoms with Gasteiger partial charge < -0.3 is 10.1 Å². The predicted octanol–water partition coefficient (Wildman–Crippen LogP) is 5.85. The molecule has 0 saturated heterocycles. The van der Waals surface area contributed by atoms with Crippen LogP contribution >= 0.6 is 22.9 Å². The summed E-state index contributed by atoms with van der Waals surface area (Å²) in [6, 6.07) is 7.53. The van der Waals surface area contributed by atoms with Crippen LogP contribution in [-0.4, -0.2) is 28.1 Å². The number of nitrogens with one attached hydrogen (secondary N) is 2. The fourth-order valence-corrected chi connectivity index (χ4v) is 4.58. The van der Waals surface area contributed by atoms with E-state index in [1.54, 1.807) is 12.3 Å². The minimum absolute atomic E-state index is 0.0415. The van der Waals surface area contributed by atoms with Gasteiger partial charge in [0.1, 0.15) is 6.10 Å². The number of amides is 2. The monoisotopic (exact) mass is 444 g/mol. The summed E-state index contributed by atoms with van der Waals surface area (Å²) in [6.45, 7) is 1.45. The maximum atomic E-state index is 12.3. The van der Waals surface area contributed by atoms with E-state index in [1.807, 2.05) is 18.2 Å². The molecule has 2 amide bonds. The van der Waals surface area contributed by atoms with Gasteiger partial charge in [-0.05, 0) is 49.4 Å². The zero-order chi connectivity index (χ0) is 21.1. The first kappa shape index (κ1) is 20.6. The second-order valence-corrected chi connectivity index (χ2v) is 8.62. The van der Waals surface area contributed by atoms with Crippen molar-refractivity contribution in [3.05, 3.63) is 35.6 Å². The van der Waals surface area contributed by atoms with E-state index in [0.717, 1.165) is 47.0 Å². The molecular weight excluding hydrogens is 424 g/mol. The molecule has 2 N–H and O–H groups in total. The molecule has 9 heteroatoms. The lowest BCUT2D eigenvalue weighted by molar-refractivity contribution is -0.114. The summed E-state index contributed by atoms with van der Waals surface area (Å²) in [5.41, 5.74) is 2.89. The number of benzene rings is 1. The molecule has 1 fully saturated rings. The highest BCUT2D eigenvalue weighted by Crippen LogP contribution is 2.32. The first-order chi connectivity index (χ1) is 14.5. The highest BCUT2D eigenvalue weighted by molar-refractivity contribution is 7.22. The summed E-state index contributed by atoms with van der Waals surface area (Å²) >= 11 is 7.58. The fraction of sp³-hybridized carbons (Fsp3) is 0.333. The van der Waals surface area contributed by atoms with Gasteiger partial charge in [-0.15, -0.1) is 0 Å². The van der Waals surface area contributed by atoms with Crippen LogP contribution < -0.4 is 10.6 Å². The standard InChI is InChI=1S/C21H21ClN4O3S/c1-12(27)24-20-25-16-8-7-13(10-18(16)30-20)14-9-17(19(22)23-11-14)26-21(28)29-15-5-3-2-4-6-15/h7-11,15H,2-6H2,1H3,(H,26,28)(H,24,25,27). The number of thiazole rings is 1. The zero-order valence-electron chi connectivity index (χ0n) is 16.4. The summed E-state index contributed by atoms with van der Waals surface area (Å²) in [5.74, 6) is -0.160. The number of fused-ring (bicyclic) bond motifs is 1. The van der Waals surface area contributed by atoms with Crippen molar-refractivity contribution in [1.29, 1.82) is 0 Å². The molecule has 1 aromatic carbocycles. The molecule has 0 unspecified atom stereocenters. The van der Waals surface area contributed by atoms with Crippen molar-refractivity contribution in [2.75, 3.05) is 10.6 Å². The Hall–Kier alpha value is -2.71. The van der Waals surface area contributed by atoms with Gasteiger partial charge in [0.25, 0.3) is 0 Å². The maximum absolute atomic E-state index is 12.3. The molecule has 4 rings (SSSR count). The van der Waals surface area contributed by atoms with E-state index in [2.05, 4.69) is 20.6 Å². The van der Waals surface area contributed by atoms with Gasteiger partial charge in [-0.2, -0.15) is 0 Å². The van der Waals surface area contributed by atoms with Crippen LogP contribution in [0.3, 0.4) is 0 Å². The smallest absolute Gasteiger partial charge is 0.411 e. The van der Waals surface area contributed by atoms with Gasteiger partial charge in [0.05, 0.1) is 15.9 Å². The molecule has 1 aliphatic carbocycles. The maximum Gasteiger partial charge on any atom is 0.411 e. The molecular formula is C21H21ClN4O3S. The molecule has 7 nitrogen and oxygen atoms in total. The van der Waals surface area contributed by atoms with E-state index in [-0.39, 0.29) is 17.2 Å². The number of pyridine rings is 1. The molecule has 30 heavy (non-hydrogen) atoms. The topological polar surface area (TPSA) is 93.2 Å². The molecule has 3 aromatic rings. The minimum atomic E-state index is -0.513. The number of hydrogen-bond acceptors (Lipinski definition) is 6. The molecule has 0 spiro atoms. The Morgan fingerprint density at radius 2 is 1.93 bits per heavy atom. The van der Waals surface area contributed by atoms with Crippen LogP contribution in [0.4, 0.5) is 15.6 Å². The van der Waals surface area contributed by atoms with Gasteiger partial charge in [0.2, 0.25) is 5.91 Å². The first-order valence-corrected chi connectivity index (χ1v) is 11.0. The lowest BCUT2D eigenvalue weighted by Crippen LogP contribution is -2.24. The molecule has 0 radical (unpaired) electrons. The summed E-state index contributed by atoms with van der Waals surface area (Å²) < 4.78 is 6.44. The van der Waals surface area contributed by atoms with Gasteiger partial charge in [-0.25, -0.2) is 14.8 Å². The molecule has 2 heterocycles. The summed E-state index contributed by atoms with van der Waals surface area (Å²) in [5, 5.41) is 6.17. The van der Waals surface area contributed by atoms with E-state index in [1.165, 1.54) is 24.7 Å². The largest absolute Gasteiger partial charge is 0.446 e. The van der Waals surface area contributed by atoms with Gasteiger partial charge in [-0.3, -0.25) is 10.1 Å². The normalized spacial score (nSPS) is 14.5. The predicted molar refractivity (Wildman–Crippen MR) is 119 cm³/mol. The molecule has 156 valence electrons. The number of ether oxygens (including phenoxy) is 1. The first-order valence-electron chi connectivity index (χ1n) is 9.79. The van der Waals surface area contributed by atoms with Crippen LogP contribution in [0, 0.1) is 0 Å². The molecule has 2 aromatic heterocycles.